The summed E-state index contributed by atoms with van der Waals surface area (Å²) in [6.07, 6.45) is 5.63. The van der Waals surface area contributed by atoms with Crippen LogP contribution in [0.1, 0.15) is 12.1 Å². The number of aryl methyl sites for hydroxylation is 1. The fourth-order valence-electron chi connectivity index (χ4n) is 2.95. The summed E-state index contributed by atoms with van der Waals surface area (Å²) in [5.41, 5.74) is 0.793. The number of rotatable bonds is 7. The number of amides is 1. The number of carbonyl (C=O) groups is 1. The van der Waals surface area contributed by atoms with Crippen molar-refractivity contribution >= 4 is 11.7 Å². The Morgan fingerprint density at radius 3 is 2.97 bits per heavy atom. The van der Waals surface area contributed by atoms with E-state index in [-0.39, 0.29) is 18.6 Å². The van der Waals surface area contributed by atoms with Gasteiger partial charge in [0.15, 0.2) is 11.5 Å². The van der Waals surface area contributed by atoms with E-state index in [0.29, 0.717) is 31.3 Å². The molecule has 1 atom stereocenters. The van der Waals surface area contributed by atoms with Crippen LogP contribution in [-0.2, 0) is 4.79 Å². The predicted octanol–water partition coefficient (Wildman–Crippen LogP) is 1.73. The molecule has 1 aliphatic heterocycles. The van der Waals surface area contributed by atoms with E-state index in [4.69, 9.17) is 9.47 Å². The summed E-state index contributed by atoms with van der Waals surface area (Å²) in [6.45, 7) is 2.96. The van der Waals surface area contributed by atoms with Crippen molar-refractivity contribution < 1.29 is 14.3 Å². The number of anilines is 1. The van der Waals surface area contributed by atoms with E-state index < -0.39 is 0 Å². The molecule has 0 saturated heterocycles. The molecule has 1 aliphatic rings. The summed E-state index contributed by atoms with van der Waals surface area (Å²) in [7, 11) is 0. The number of aromatic nitrogens is 4. The molecule has 150 valence electrons. The second kappa shape index (κ2) is 8.59. The summed E-state index contributed by atoms with van der Waals surface area (Å²) in [5, 5.41) is 5.92. The summed E-state index contributed by atoms with van der Waals surface area (Å²) in [4.78, 5) is 24.9. The van der Waals surface area contributed by atoms with Crippen LogP contribution in [-0.4, -0.2) is 51.2 Å². The molecule has 1 amide bonds. The maximum atomic E-state index is 12.2. The van der Waals surface area contributed by atoms with E-state index in [9.17, 15) is 4.79 Å². The second-order valence-corrected chi connectivity index (χ2v) is 6.65. The van der Waals surface area contributed by atoms with Gasteiger partial charge in [-0.05, 0) is 19.1 Å². The largest absolute Gasteiger partial charge is 0.486 e. The van der Waals surface area contributed by atoms with Crippen molar-refractivity contribution in [3.8, 4) is 17.4 Å². The zero-order valence-electron chi connectivity index (χ0n) is 16.0. The van der Waals surface area contributed by atoms with Crippen LogP contribution < -0.4 is 20.1 Å². The highest BCUT2D eigenvalue weighted by Crippen LogP contribution is 2.31. The van der Waals surface area contributed by atoms with Gasteiger partial charge in [0.2, 0.25) is 11.9 Å². The minimum Gasteiger partial charge on any atom is -0.486 e. The van der Waals surface area contributed by atoms with E-state index in [1.54, 1.807) is 29.4 Å². The van der Waals surface area contributed by atoms with E-state index in [2.05, 4.69) is 25.6 Å². The Morgan fingerprint density at radius 1 is 1.28 bits per heavy atom. The van der Waals surface area contributed by atoms with Gasteiger partial charge in [-0.15, -0.1) is 0 Å². The standard InChI is InChI=1S/C20H22N6O3/c1-14-10-18(25-20(24-14)26-9-8-21-13-26)23-11-19(27)22-7-6-15-12-28-16-4-2-3-5-17(16)29-15/h2-5,8-10,13,15H,6-7,11-12H2,1H3,(H,22,27)(H,23,24,25). The molecule has 9 nitrogen and oxygen atoms in total. The van der Waals surface area contributed by atoms with Gasteiger partial charge in [0, 0.05) is 37.1 Å². The van der Waals surface area contributed by atoms with Crippen molar-refractivity contribution in [3.05, 3.63) is 54.7 Å². The van der Waals surface area contributed by atoms with Crippen LogP contribution >= 0.6 is 0 Å². The molecular formula is C20H22N6O3. The van der Waals surface area contributed by atoms with Gasteiger partial charge in [-0.2, -0.15) is 4.98 Å². The van der Waals surface area contributed by atoms with E-state index in [1.807, 2.05) is 31.2 Å². The molecule has 2 N–H and O–H groups in total. The van der Waals surface area contributed by atoms with Crippen molar-refractivity contribution in [2.24, 2.45) is 0 Å². The van der Waals surface area contributed by atoms with E-state index >= 15 is 0 Å². The van der Waals surface area contributed by atoms with Gasteiger partial charge in [0.25, 0.3) is 0 Å². The minimum atomic E-state index is -0.123. The van der Waals surface area contributed by atoms with Gasteiger partial charge >= 0.3 is 0 Å². The molecule has 0 bridgehead atoms. The fraction of sp³-hybridized carbons (Fsp3) is 0.300. The number of ether oxygens (including phenoxy) is 2. The third-order valence-corrected chi connectivity index (χ3v) is 4.36. The van der Waals surface area contributed by atoms with Crippen molar-refractivity contribution in [1.29, 1.82) is 0 Å². The van der Waals surface area contributed by atoms with Gasteiger partial charge in [-0.1, -0.05) is 12.1 Å². The number of para-hydroxylation sites is 2. The molecule has 9 heteroatoms. The molecule has 0 radical (unpaired) electrons. The maximum absolute atomic E-state index is 12.2. The first kappa shape index (κ1) is 18.7. The molecule has 4 rings (SSSR count). The third kappa shape index (κ3) is 4.81. The van der Waals surface area contributed by atoms with Gasteiger partial charge in [0.1, 0.15) is 24.9 Å². The molecule has 3 aromatic rings. The zero-order valence-corrected chi connectivity index (χ0v) is 16.0. The molecule has 0 fully saturated rings. The number of imidazole rings is 1. The topological polar surface area (TPSA) is 103 Å². The smallest absolute Gasteiger partial charge is 0.239 e. The summed E-state index contributed by atoms with van der Waals surface area (Å²) < 4.78 is 13.3. The summed E-state index contributed by atoms with van der Waals surface area (Å²) in [5.74, 6) is 2.46. The number of fused-ring (bicyclic) bond motifs is 1. The maximum Gasteiger partial charge on any atom is 0.239 e. The second-order valence-electron chi connectivity index (χ2n) is 6.65. The van der Waals surface area contributed by atoms with Crippen molar-refractivity contribution in [3.63, 3.8) is 0 Å². The quantitative estimate of drug-likeness (QED) is 0.629. The lowest BCUT2D eigenvalue weighted by Crippen LogP contribution is -2.36. The monoisotopic (exact) mass is 394 g/mol. The third-order valence-electron chi connectivity index (χ3n) is 4.36. The summed E-state index contributed by atoms with van der Waals surface area (Å²) in [6, 6.07) is 9.37. The van der Waals surface area contributed by atoms with Gasteiger partial charge in [0.05, 0.1) is 6.54 Å². The zero-order chi connectivity index (χ0) is 20.1. The normalized spacial score (nSPS) is 15.0. The number of hydrogen-bond acceptors (Lipinski definition) is 7. The predicted molar refractivity (Wildman–Crippen MR) is 106 cm³/mol. The van der Waals surface area contributed by atoms with Crippen LogP contribution in [0.3, 0.4) is 0 Å². The van der Waals surface area contributed by atoms with Crippen molar-refractivity contribution in [1.82, 2.24) is 24.8 Å². The highest BCUT2D eigenvalue weighted by molar-refractivity contribution is 5.80. The van der Waals surface area contributed by atoms with Gasteiger partial charge in [-0.25, -0.2) is 9.97 Å². The average molecular weight is 394 g/mol. The lowest BCUT2D eigenvalue weighted by Gasteiger charge is -2.26. The van der Waals surface area contributed by atoms with Crippen LogP contribution in [0.15, 0.2) is 49.1 Å². The first-order valence-corrected chi connectivity index (χ1v) is 9.40. The van der Waals surface area contributed by atoms with Gasteiger partial charge < -0.3 is 20.1 Å². The van der Waals surface area contributed by atoms with Gasteiger partial charge in [-0.3, -0.25) is 9.36 Å². The van der Waals surface area contributed by atoms with Crippen LogP contribution in [0.2, 0.25) is 0 Å². The highest BCUT2D eigenvalue weighted by atomic mass is 16.6. The van der Waals surface area contributed by atoms with Crippen LogP contribution in [0, 0.1) is 6.92 Å². The molecule has 0 saturated carbocycles. The molecule has 1 unspecified atom stereocenters. The van der Waals surface area contributed by atoms with Crippen LogP contribution in [0.4, 0.5) is 5.82 Å². The Hall–Kier alpha value is -3.62. The molecule has 0 spiro atoms. The first-order chi connectivity index (χ1) is 14.2. The lowest BCUT2D eigenvalue weighted by atomic mass is 10.2. The lowest BCUT2D eigenvalue weighted by molar-refractivity contribution is -0.119. The molecule has 3 heterocycles. The fourth-order valence-corrected chi connectivity index (χ4v) is 2.95. The van der Waals surface area contributed by atoms with E-state index in [0.717, 1.165) is 17.2 Å². The highest BCUT2D eigenvalue weighted by Gasteiger charge is 2.20. The number of nitrogens with one attached hydrogen (secondary N) is 2. The Kier molecular flexibility index (Phi) is 5.55. The van der Waals surface area contributed by atoms with Crippen molar-refractivity contribution in [2.75, 3.05) is 25.0 Å². The molecule has 0 aliphatic carbocycles. The Labute approximate surface area is 168 Å². The van der Waals surface area contributed by atoms with E-state index in [1.165, 1.54) is 0 Å². The number of benzene rings is 1. The molecule has 29 heavy (non-hydrogen) atoms. The number of carbonyl (C=O) groups excluding carboxylic acids is 1. The number of hydrogen-bond donors (Lipinski definition) is 2. The Bertz CT molecular complexity index is 976. The van der Waals surface area contributed by atoms with Crippen LogP contribution in [0.5, 0.6) is 11.5 Å². The summed E-state index contributed by atoms with van der Waals surface area (Å²) >= 11 is 0. The SMILES string of the molecule is Cc1cc(NCC(=O)NCCC2COc3ccccc3O2)nc(-n2ccnc2)n1. The first-order valence-electron chi connectivity index (χ1n) is 9.40. The molecular weight excluding hydrogens is 372 g/mol. The molecule has 2 aromatic heterocycles. The van der Waals surface area contributed by atoms with Crippen molar-refractivity contribution in [2.45, 2.75) is 19.4 Å². The average Bonchev–Trinajstić information content (AvgIpc) is 3.27. The molecule has 1 aromatic carbocycles. The number of nitrogens with zero attached hydrogens (tertiary/aromatic N) is 4. The minimum absolute atomic E-state index is 0.0830. The Morgan fingerprint density at radius 2 is 2.14 bits per heavy atom. The Balaban J connectivity index is 1.23. The van der Waals surface area contributed by atoms with Crippen LogP contribution in [0.25, 0.3) is 5.95 Å².